The first-order chi connectivity index (χ1) is 17.2. The Morgan fingerprint density at radius 2 is 1.37 bits per heavy atom. The summed E-state index contributed by atoms with van der Waals surface area (Å²) in [5, 5.41) is 0.506. The molecule has 0 aliphatic heterocycles. The molecule has 6 aromatic rings. The monoisotopic (exact) mass is 459 g/mol. The molecule has 0 saturated carbocycles. The van der Waals surface area contributed by atoms with Crippen LogP contribution in [-0.4, -0.2) is 24.1 Å². The number of benzene rings is 3. The molecule has 35 heavy (non-hydrogen) atoms. The van der Waals surface area contributed by atoms with Crippen LogP contribution in [0.1, 0.15) is 30.8 Å². The zero-order valence-corrected chi connectivity index (χ0v) is 19.8. The summed E-state index contributed by atoms with van der Waals surface area (Å²) in [6, 6.07) is 26.1. The van der Waals surface area contributed by atoms with Crippen LogP contribution in [0.15, 0.2) is 83.7 Å². The standard InChI is InChI=1S/C29H25N5O/c1-3-19-14-16-21(17-15-19)34-27-25(26-28(34)31-23-13-9-8-12-22(23)30-26)29(35)33(24(4-2)32-27)18-20-10-6-5-7-11-20/h5-17H,3-4,18H2,1-2H3. The smallest absolute Gasteiger partial charge is 0.265 e. The van der Waals surface area contributed by atoms with Crippen molar-refractivity contribution in [3.63, 3.8) is 0 Å². The molecular weight excluding hydrogens is 434 g/mol. The summed E-state index contributed by atoms with van der Waals surface area (Å²) in [7, 11) is 0. The SMILES string of the molecule is CCc1ccc(-n2c3nc4ccccc4nc3c3c(=O)n(Cc4ccccc4)c(CC)nc32)cc1. The van der Waals surface area contributed by atoms with Crippen LogP contribution in [0.5, 0.6) is 0 Å². The molecule has 6 nitrogen and oxygen atoms in total. The van der Waals surface area contributed by atoms with Gasteiger partial charge in [-0.25, -0.2) is 15.0 Å². The molecular formula is C29H25N5O. The molecule has 0 amide bonds. The van der Waals surface area contributed by atoms with Crippen LogP contribution in [0.3, 0.4) is 0 Å². The van der Waals surface area contributed by atoms with Crippen LogP contribution >= 0.6 is 0 Å². The number of nitrogens with zero attached hydrogens (tertiary/aromatic N) is 5. The van der Waals surface area contributed by atoms with Crippen LogP contribution in [-0.2, 0) is 19.4 Å². The summed E-state index contributed by atoms with van der Waals surface area (Å²) in [6.45, 7) is 4.63. The highest BCUT2D eigenvalue weighted by Crippen LogP contribution is 2.29. The summed E-state index contributed by atoms with van der Waals surface area (Å²) in [4.78, 5) is 29.0. The predicted octanol–water partition coefficient (Wildman–Crippen LogP) is 5.46. The van der Waals surface area contributed by atoms with Gasteiger partial charge in [0.25, 0.3) is 5.56 Å². The van der Waals surface area contributed by atoms with E-state index in [9.17, 15) is 4.79 Å². The van der Waals surface area contributed by atoms with Gasteiger partial charge in [-0.15, -0.1) is 0 Å². The second kappa shape index (κ2) is 8.47. The average molecular weight is 460 g/mol. The molecule has 0 spiro atoms. The van der Waals surface area contributed by atoms with E-state index in [1.54, 1.807) is 4.57 Å². The van der Waals surface area contributed by atoms with Crippen LogP contribution < -0.4 is 5.56 Å². The molecule has 3 heterocycles. The Bertz CT molecular complexity index is 1750. The van der Waals surface area contributed by atoms with E-state index in [2.05, 4.69) is 31.2 Å². The molecule has 0 saturated heterocycles. The molecule has 0 aliphatic carbocycles. The van der Waals surface area contributed by atoms with Gasteiger partial charge in [-0.2, -0.15) is 0 Å². The Balaban J connectivity index is 1.72. The van der Waals surface area contributed by atoms with Gasteiger partial charge in [0.2, 0.25) is 0 Å². The number of aryl methyl sites for hydroxylation is 2. The number of aromatic nitrogens is 5. The first-order valence-corrected chi connectivity index (χ1v) is 12.0. The Labute approximate surface area is 202 Å². The van der Waals surface area contributed by atoms with Gasteiger partial charge in [-0.3, -0.25) is 13.9 Å². The second-order valence-corrected chi connectivity index (χ2v) is 8.70. The van der Waals surface area contributed by atoms with E-state index in [1.807, 2.05) is 66.1 Å². The number of rotatable bonds is 5. The van der Waals surface area contributed by atoms with Crippen molar-refractivity contribution in [1.29, 1.82) is 0 Å². The Morgan fingerprint density at radius 3 is 2.06 bits per heavy atom. The van der Waals surface area contributed by atoms with Crippen molar-refractivity contribution < 1.29 is 0 Å². The predicted molar refractivity (Wildman–Crippen MR) is 140 cm³/mol. The van der Waals surface area contributed by atoms with Crippen molar-refractivity contribution in [3.05, 3.63) is 106 Å². The topological polar surface area (TPSA) is 65.6 Å². The van der Waals surface area contributed by atoms with Crippen molar-refractivity contribution in [1.82, 2.24) is 24.1 Å². The van der Waals surface area contributed by atoms with Crippen molar-refractivity contribution in [3.8, 4) is 5.69 Å². The van der Waals surface area contributed by atoms with Gasteiger partial charge in [0.1, 0.15) is 16.7 Å². The Kier molecular flexibility index (Phi) is 5.14. The first-order valence-electron chi connectivity index (χ1n) is 12.0. The molecule has 0 bridgehead atoms. The first kappa shape index (κ1) is 21.2. The quantitative estimate of drug-likeness (QED) is 0.344. The van der Waals surface area contributed by atoms with Gasteiger partial charge >= 0.3 is 0 Å². The molecule has 0 unspecified atom stereocenters. The van der Waals surface area contributed by atoms with E-state index in [-0.39, 0.29) is 5.56 Å². The minimum absolute atomic E-state index is 0.0887. The average Bonchev–Trinajstić information content (AvgIpc) is 3.22. The van der Waals surface area contributed by atoms with E-state index in [4.69, 9.17) is 15.0 Å². The molecule has 3 aromatic carbocycles. The highest BCUT2D eigenvalue weighted by molar-refractivity contribution is 6.05. The third kappa shape index (κ3) is 3.49. The molecule has 0 N–H and O–H groups in total. The van der Waals surface area contributed by atoms with E-state index in [1.165, 1.54) is 5.56 Å². The van der Waals surface area contributed by atoms with Crippen molar-refractivity contribution in [2.45, 2.75) is 33.2 Å². The summed E-state index contributed by atoms with van der Waals surface area (Å²) in [5.41, 5.74) is 6.51. The molecule has 172 valence electrons. The van der Waals surface area contributed by atoms with Crippen LogP contribution in [0.4, 0.5) is 0 Å². The number of para-hydroxylation sites is 2. The van der Waals surface area contributed by atoms with E-state index in [0.29, 0.717) is 35.2 Å². The van der Waals surface area contributed by atoms with Gasteiger partial charge in [0.05, 0.1) is 17.6 Å². The molecule has 3 aromatic heterocycles. The zero-order valence-electron chi connectivity index (χ0n) is 19.8. The second-order valence-electron chi connectivity index (χ2n) is 8.70. The third-order valence-electron chi connectivity index (χ3n) is 6.54. The lowest BCUT2D eigenvalue weighted by Crippen LogP contribution is -2.26. The van der Waals surface area contributed by atoms with Crippen molar-refractivity contribution in [2.24, 2.45) is 0 Å². The number of hydrogen-bond acceptors (Lipinski definition) is 4. The lowest BCUT2D eigenvalue weighted by molar-refractivity contribution is 0.685. The maximum Gasteiger partial charge on any atom is 0.265 e. The van der Waals surface area contributed by atoms with E-state index >= 15 is 0 Å². The highest BCUT2D eigenvalue weighted by Gasteiger charge is 2.22. The molecule has 6 heteroatoms. The molecule has 0 radical (unpaired) electrons. The summed E-state index contributed by atoms with van der Waals surface area (Å²) in [5.74, 6) is 0.741. The van der Waals surface area contributed by atoms with Crippen molar-refractivity contribution in [2.75, 3.05) is 0 Å². The zero-order chi connectivity index (χ0) is 23.9. The van der Waals surface area contributed by atoms with Gasteiger partial charge in [0, 0.05) is 12.1 Å². The molecule has 6 rings (SSSR count). The largest absolute Gasteiger partial charge is 0.291 e. The summed E-state index contributed by atoms with van der Waals surface area (Å²) in [6.07, 6.45) is 1.59. The van der Waals surface area contributed by atoms with E-state index in [0.717, 1.165) is 34.5 Å². The molecule has 0 fully saturated rings. The normalized spacial score (nSPS) is 11.6. The Morgan fingerprint density at radius 1 is 0.686 bits per heavy atom. The van der Waals surface area contributed by atoms with Crippen molar-refractivity contribution >= 4 is 33.2 Å². The minimum Gasteiger partial charge on any atom is -0.291 e. The fourth-order valence-corrected chi connectivity index (χ4v) is 4.69. The minimum atomic E-state index is -0.0887. The summed E-state index contributed by atoms with van der Waals surface area (Å²) >= 11 is 0. The van der Waals surface area contributed by atoms with Crippen LogP contribution in [0, 0.1) is 0 Å². The third-order valence-corrected chi connectivity index (χ3v) is 6.54. The molecule has 0 atom stereocenters. The lowest BCUT2D eigenvalue weighted by atomic mass is 10.1. The maximum atomic E-state index is 14.0. The van der Waals surface area contributed by atoms with Crippen LogP contribution in [0.2, 0.25) is 0 Å². The highest BCUT2D eigenvalue weighted by atomic mass is 16.1. The molecule has 0 aliphatic rings. The number of fused-ring (bicyclic) bond motifs is 4. The van der Waals surface area contributed by atoms with E-state index < -0.39 is 0 Å². The van der Waals surface area contributed by atoms with Crippen LogP contribution in [0.25, 0.3) is 38.9 Å². The number of hydrogen-bond donors (Lipinski definition) is 0. The maximum absolute atomic E-state index is 14.0. The fraction of sp³-hybridized carbons (Fsp3) is 0.172. The fourth-order valence-electron chi connectivity index (χ4n) is 4.69. The summed E-state index contributed by atoms with van der Waals surface area (Å²) < 4.78 is 3.76. The van der Waals surface area contributed by atoms with Gasteiger partial charge < -0.3 is 0 Å². The van der Waals surface area contributed by atoms with Gasteiger partial charge in [0.15, 0.2) is 11.3 Å². The van der Waals surface area contributed by atoms with Gasteiger partial charge in [-0.05, 0) is 41.8 Å². The lowest BCUT2D eigenvalue weighted by Gasteiger charge is -2.13. The van der Waals surface area contributed by atoms with Gasteiger partial charge in [-0.1, -0.05) is 68.4 Å². The Hall–Kier alpha value is -4.32.